The summed E-state index contributed by atoms with van der Waals surface area (Å²) in [6, 6.07) is 60.1. The van der Waals surface area contributed by atoms with Gasteiger partial charge in [-0.2, -0.15) is 0 Å². The summed E-state index contributed by atoms with van der Waals surface area (Å²) in [6.45, 7) is 2.36. The minimum atomic E-state index is -0.324. The van der Waals surface area contributed by atoms with Gasteiger partial charge < -0.3 is 0 Å². The molecule has 1 atom stereocenters. The summed E-state index contributed by atoms with van der Waals surface area (Å²) in [6.07, 6.45) is 4.94. The average Bonchev–Trinajstić information content (AvgIpc) is 3.25. The van der Waals surface area contributed by atoms with Crippen LogP contribution in [-0.2, 0) is 5.41 Å². The molecule has 0 radical (unpaired) electrons. The summed E-state index contributed by atoms with van der Waals surface area (Å²) in [5.74, 6) is 0. The van der Waals surface area contributed by atoms with Crippen LogP contribution in [0.25, 0.3) is 66.7 Å². The molecule has 0 nitrogen and oxygen atoms in total. The van der Waals surface area contributed by atoms with Crippen LogP contribution in [0.4, 0.5) is 0 Å². The molecule has 0 aliphatic heterocycles. The fraction of sp³-hybridized carbons (Fsp3) is 0.0435. The summed E-state index contributed by atoms with van der Waals surface area (Å²) < 4.78 is 0. The SMILES string of the molecule is CC1(c2cccc(-c3c4ccccc4c(-c4ccccc4)c4ccccc34)c2)C=c2ccccc2=c2c(ccc3ccccc23)=C1. The Morgan fingerprint density at radius 2 is 0.935 bits per heavy atom. The molecule has 0 saturated carbocycles. The molecule has 216 valence electrons. The maximum absolute atomic E-state index is 2.47. The van der Waals surface area contributed by atoms with Gasteiger partial charge in [-0.3, -0.25) is 0 Å². The quantitative estimate of drug-likeness (QED) is 0.181. The Hall–Kier alpha value is -5.72. The Kier molecular flexibility index (Phi) is 6.05. The van der Waals surface area contributed by atoms with Crippen molar-refractivity contribution in [3.63, 3.8) is 0 Å². The third kappa shape index (κ3) is 4.15. The normalized spacial score (nSPS) is 15.5. The number of rotatable bonds is 3. The molecule has 1 aliphatic carbocycles. The van der Waals surface area contributed by atoms with Crippen LogP contribution in [0.1, 0.15) is 12.5 Å². The molecule has 46 heavy (non-hydrogen) atoms. The fourth-order valence-electron chi connectivity index (χ4n) is 7.78. The molecule has 8 aromatic carbocycles. The van der Waals surface area contributed by atoms with Crippen molar-refractivity contribution in [1.82, 2.24) is 0 Å². The summed E-state index contributed by atoms with van der Waals surface area (Å²) in [5, 5.41) is 12.8. The largest absolute Gasteiger partial charge is 0.0625 e. The molecule has 9 rings (SSSR count). The average molecular weight is 585 g/mol. The van der Waals surface area contributed by atoms with E-state index in [2.05, 4.69) is 183 Å². The van der Waals surface area contributed by atoms with Crippen molar-refractivity contribution in [2.75, 3.05) is 0 Å². The molecule has 1 aliphatic rings. The molecular formula is C46H32. The van der Waals surface area contributed by atoms with Gasteiger partial charge in [0.15, 0.2) is 0 Å². The smallest absolute Gasteiger partial charge is 0.0301 e. The lowest BCUT2D eigenvalue weighted by Crippen LogP contribution is -2.21. The second-order valence-electron chi connectivity index (χ2n) is 12.7. The lowest BCUT2D eigenvalue weighted by atomic mass is 9.79. The first-order valence-corrected chi connectivity index (χ1v) is 16.1. The molecule has 0 heterocycles. The second kappa shape index (κ2) is 10.4. The zero-order valence-electron chi connectivity index (χ0n) is 25.7. The molecule has 0 heteroatoms. The molecule has 1 unspecified atom stereocenters. The van der Waals surface area contributed by atoms with Gasteiger partial charge in [-0.1, -0.05) is 170 Å². The molecule has 0 fully saturated rings. The van der Waals surface area contributed by atoms with Crippen LogP contribution >= 0.6 is 0 Å². The summed E-state index contributed by atoms with van der Waals surface area (Å²) in [5.41, 5.74) is 6.02. The van der Waals surface area contributed by atoms with Crippen LogP contribution in [0.15, 0.2) is 164 Å². The van der Waals surface area contributed by atoms with Gasteiger partial charge in [0.1, 0.15) is 0 Å². The number of benzene rings is 8. The molecule has 0 bridgehead atoms. The minimum Gasteiger partial charge on any atom is -0.0625 e. The first-order chi connectivity index (χ1) is 22.7. The van der Waals surface area contributed by atoms with Crippen molar-refractivity contribution in [3.8, 4) is 22.3 Å². The summed E-state index contributed by atoms with van der Waals surface area (Å²) in [4.78, 5) is 0. The predicted octanol–water partition coefficient (Wildman–Crippen LogP) is 10.3. The molecule has 0 spiro atoms. The maximum Gasteiger partial charge on any atom is 0.0301 e. The van der Waals surface area contributed by atoms with Crippen LogP contribution in [0.5, 0.6) is 0 Å². The number of fused-ring (bicyclic) bond motifs is 6. The Morgan fingerprint density at radius 1 is 0.391 bits per heavy atom. The van der Waals surface area contributed by atoms with Gasteiger partial charge in [0.2, 0.25) is 0 Å². The van der Waals surface area contributed by atoms with Crippen LogP contribution in [-0.4, -0.2) is 0 Å². The highest BCUT2D eigenvalue weighted by molar-refractivity contribution is 6.21. The van der Waals surface area contributed by atoms with Gasteiger partial charge in [0.25, 0.3) is 0 Å². The zero-order chi connectivity index (χ0) is 30.7. The molecule has 8 aromatic rings. The zero-order valence-corrected chi connectivity index (χ0v) is 25.7. The highest BCUT2D eigenvalue weighted by atomic mass is 14.3. The van der Waals surface area contributed by atoms with E-state index in [0.29, 0.717) is 0 Å². The highest BCUT2D eigenvalue weighted by Gasteiger charge is 2.24. The van der Waals surface area contributed by atoms with E-state index in [1.807, 2.05) is 0 Å². The van der Waals surface area contributed by atoms with Crippen molar-refractivity contribution in [3.05, 3.63) is 190 Å². The van der Waals surface area contributed by atoms with Crippen molar-refractivity contribution >= 4 is 44.5 Å². The van der Waals surface area contributed by atoms with Crippen LogP contribution in [0.3, 0.4) is 0 Å². The van der Waals surface area contributed by atoms with E-state index in [1.165, 1.54) is 81.0 Å². The molecule has 0 amide bonds. The second-order valence-corrected chi connectivity index (χ2v) is 12.7. The van der Waals surface area contributed by atoms with Gasteiger partial charge in [-0.25, -0.2) is 0 Å². The lowest BCUT2D eigenvalue weighted by Gasteiger charge is -2.24. The number of hydrogen-bond acceptors (Lipinski definition) is 0. The van der Waals surface area contributed by atoms with Crippen molar-refractivity contribution in [1.29, 1.82) is 0 Å². The first-order valence-electron chi connectivity index (χ1n) is 16.1. The topological polar surface area (TPSA) is 0 Å². The van der Waals surface area contributed by atoms with E-state index in [1.54, 1.807) is 0 Å². The van der Waals surface area contributed by atoms with E-state index < -0.39 is 0 Å². The number of hydrogen-bond donors (Lipinski definition) is 0. The van der Waals surface area contributed by atoms with Gasteiger partial charge in [-0.05, 0) is 94.0 Å². The molecule has 0 N–H and O–H groups in total. The lowest BCUT2D eigenvalue weighted by molar-refractivity contribution is 0.852. The summed E-state index contributed by atoms with van der Waals surface area (Å²) in [7, 11) is 0. The van der Waals surface area contributed by atoms with Gasteiger partial charge in [0, 0.05) is 5.41 Å². The highest BCUT2D eigenvalue weighted by Crippen LogP contribution is 2.44. The Bertz CT molecular complexity index is 2640. The van der Waals surface area contributed by atoms with E-state index >= 15 is 0 Å². The third-order valence-corrected chi connectivity index (χ3v) is 9.87. The van der Waals surface area contributed by atoms with E-state index in [-0.39, 0.29) is 5.41 Å². The van der Waals surface area contributed by atoms with Gasteiger partial charge >= 0.3 is 0 Å². The van der Waals surface area contributed by atoms with Gasteiger partial charge in [-0.15, -0.1) is 0 Å². The first kappa shape index (κ1) is 26.7. The van der Waals surface area contributed by atoms with Crippen molar-refractivity contribution in [2.24, 2.45) is 0 Å². The van der Waals surface area contributed by atoms with Crippen molar-refractivity contribution in [2.45, 2.75) is 12.3 Å². The van der Waals surface area contributed by atoms with Gasteiger partial charge in [0.05, 0.1) is 0 Å². The molecule has 0 aromatic heterocycles. The summed E-state index contributed by atoms with van der Waals surface area (Å²) >= 11 is 0. The molecule has 0 saturated heterocycles. The van der Waals surface area contributed by atoms with E-state index in [0.717, 1.165) is 0 Å². The van der Waals surface area contributed by atoms with Crippen LogP contribution in [0.2, 0.25) is 0 Å². The van der Waals surface area contributed by atoms with Crippen LogP contribution < -0.4 is 10.4 Å². The minimum absolute atomic E-state index is 0.324. The predicted molar refractivity (Wildman–Crippen MR) is 196 cm³/mol. The van der Waals surface area contributed by atoms with Crippen LogP contribution in [0, 0.1) is 10.4 Å². The Morgan fingerprint density at radius 3 is 1.65 bits per heavy atom. The fourth-order valence-corrected chi connectivity index (χ4v) is 7.78. The van der Waals surface area contributed by atoms with E-state index in [9.17, 15) is 0 Å². The Balaban J connectivity index is 1.33. The van der Waals surface area contributed by atoms with Crippen molar-refractivity contribution < 1.29 is 0 Å². The maximum atomic E-state index is 2.47. The standard InChI is InChI=1S/C46H32/c1-46(29-34-17-6-8-21-38(34)45-35(30-46)27-26-31-14-5-7-20-37(31)45)36-19-13-18-33(28-36)44-41-24-11-9-22-39(41)43(32-15-3-2-4-16-32)40-23-10-12-25-42(40)44/h2-30H,1H3. The third-order valence-electron chi connectivity index (χ3n) is 9.87. The molecular weight excluding hydrogens is 553 g/mol. The Labute approximate surface area is 268 Å². The monoisotopic (exact) mass is 584 g/mol. The van der Waals surface area contributed by atoms with E-state index in [4.69, 9.17) is 0 Å².